The van der Waals surface area contributed by atoms with Gasteiger partial charge in [-0.1, -0.05) is 18.2 Å². The highest BCUT2D eigenvalue weighted by Gasteiger charge is 2.38. The van der Waals surface area contributed by atoms with Crippen LogP contribution in [0.3, 0.4) is 0 Å². The van der Waals surface area contributed by atoms with Gasteiger partial charge in [0.2, 0.25) is 17.7 Å². The Balaban J connectivity index is 1.79. The Labute approximate surface area is 219 Å². The van der Waals surface area contributed by atoms with Crippen LogP contribution in [0.1, 0.15) is 24.8 Å². The van der Waals surface area contributed by atoms with E-state index in [4.69, 9.17) is 5.73 Å². The van der Waals surface area contributed by atoms with Crippen LogP contribution in [-0.4, -0.2) is 87.2 Å². The average Bonchev–Trinajstić information content (AvgIpc) is 3.52. The number of amides is 3. The number of benzene rings is 1. The first-order valence-corrected chi connectivity index (χ1v) is 13.8. The molecule has 0 saturated carbocycles. The molecule has 2 aromatic rings. The number of carboxylic acid groups (broad SMARTS) is 1. The summed E-state index contributed by atoms with van der Waals surface area (Å²) in [5, 5.41) is 15.8. The lowest BCUT2D eigenvalue weighted by Crippen LogP contribution is -2.58. The summed E-state index contributed by atoms with van der Waals surface area (Å²) in [7, 11) is 0. The summed E-state index contributed by atoms with van der Waals surface area (Å²) in [4.78, 5) is 55.2. The number of rotatable bonds is 12. The van der Waals surface area contributed by atoms with E-state index >= 15 is 0 Å². The average molecular weight is 536 g/mol. The lowest BCUT2D eigenvalue weighted by Gasteiger charge is -2.28. The summed E-state index contributed by atoms with van der Waals surface area (Å²) in [6, 6.07) is 3.87. The number of hydrogen-bond acceptors (Lipinski definition) is 7. The Morgan fingerprint density at radius 1 is 1.22 bits per heavy atom. The van der Waals surface area contributed by atoms with Gasteiger partial charge < -0.3 is 31.4 Å². The SMILES string of the molecule is CSCCC(N)C(=O)NC(Cc1c[nH]c2ccccc12)C(=O)NC(CS)C(=O)N1CCCC1C(=O)O. The molecule has 1 aliphatic rings. The third-order valence-electron chi connectivity index (χ3n) is 6.32. The van der Waals surface area contributed by atoms with Crippen LogP contribution in [0.15, 0.2) is 30.5 Å². The maximum Gasteiger partial charge on any atom is 0.326 e. The Bertz CT molecular complexity index is 1090. The van der Waals surface area contributed by atoms with Gasteiger partial charge in [0.1, 0.15) is 18.1 Å². The molecule has 1 aromatic carbocycles. The fraction of sp³-hybridized carbons (Fsp3) is 0.500. The number of carbonyl (C=O) groups is 4. The van der Waals surface area contributed by atoms with E-state index in [-0.39, 0.29) is 12.2 Å². The minimum Gasteiger partial charge on any atom is -0.480 e. The molecule has 10 nitrogen and oxygen atoms in total. The normalized spacial score (nSPS) is 18.0. The zero-order chi connectivity index (χ0) is 26.2. The number of fused-ring (bicyclic) bond motifs is 1. The van der Waals surface area contributed by atoms with Crippen molar-refractivity contribution < 1.29 is 24.3 Å². The second kappa shape index (κ2) is 13.0. The first-order valence-electron chi connectivity index (χ1n) is 11.8. The van der Waals surface area contributed by atoms with Gasteiger partial charge in [0.05, 0.1) is 6.04 Å². The van der Waals surface area contributed by atoms with Gasteiger partial charge in [-0.05, 0) is 42.9 Å². The number of thioether (sulfide) groups is 1. The summed E-state index contributed by atoms with van der Waals surface area (Å²) >= 11 is 5.80. The van der Waals surface area contributed by atoms with Crippen molar-refractivity contribution in [2.24, 2.45) is 5.73 Å². The van der Waals surface area contributed by atoms with E-state index in [1.54, 1.807) is 18.0 Å². The maximum atomic E-state index is 13.4. The Morgan fingerprint density at radius 3 is 2.64 bits per heavy atom. The molecule has 0 spiro atoms. The zero-order valence-corrected chi connectivity index (χ0v) is 21.8. The third-order valence-corrected chi connectivity index (χ3v) is 7.33. The monoisotopic (exact) mass is 535 g/mol. The predicted molar refractivity (Wildman–Crippen MR) is 143 cm³/mol. The Kier molecular flexibility index (Phi) is 10.1. The van der Waals surface area contributed by atoms with Crippen LogP contribution in [0, 0.1) is 0 Å². The van der Waals surface area contributed by atoms with Gasteiger partial charge in [0.15, 0.2) is 0 Å². The first kappa shape index (κ1) is 27.9. The van der Waals surface area contributed by atoms with Crippen molar-refractivity contribution in [1.82, 2.24) is 20.5 Å². The minimum absolute atomic E-state index is 0.0194. The summed E-state index contributed by atoms with van der Waals surface area (Å²) in [6.45, 7) is 0.301. The lowest BCUT2D eigenvalue weighted by molar-refractivity contribution is -0.149. The molecule has 2 heterocycles. The largest absolute Gasteiger partial charge is 0.480 e. The van der Waals surface area contributed by atoms with E-state index in [0.717, 1.165) is 16.5 Å². The smallest absolute Gasteiger partial charge is 0.326 e. The molecule has 6 N–H and O–H groups in total. The number of carbonyl (C=O) groups excluding carboxylic acids is 3. The number of thiol groups is 1. The van der Waals surface area contributed by atoms with Gasteiger partial charge in [-0.15, -0.1) is 0 Å². The second-order valence-electron chi connectivity index (χ2n) is 8.78. The lowest BCUT2D eigenvalue weighted by atomic mass is 10.0. The molecule has 1 aromatic heterocycles. The molecule has 0 radical (unpaired) electrons. The van der Waals surface area contributed by atoms with E-state index in [1.165, 1.54) is 4.90 Å². The van der Waals surface area contributed by atoms with Crippen LogP contribution in [0.2, 0.25) is 0 Å². The molecule has 0 aliphatic carbocycles. The van der Waals surface area contributed by atoms with Gasteiger partial charge in [-0.2, -0.15) is 24.4 Å². The molecule has 3 amide bonds. The number of aliphatic carboxylic acids is 1. The first-order chi connectivity index (χ1) is 17.3. The second-order valence-corrected chi connectivity index (χ2v) is 10.1. The molecule has 3 rings (SSSR count). The van der Waals surface area contributed by atoms with Crippen molar-refractivity contribution in [3.63, 3.8) is 0 Å². The fourth-order valence-corrected chi connectivity index (χ4v) is 5.07. The fourth-order valence-electron chi connectivity index (χ4n) is 4.33. The van der Waals surface area contributed by atoms with Crippen molar-refractivity contribution in [1.29, 1.82) is 0 Å². The van der Waals surface area contributed by atoms with Crippen molar-refractivity contribution in [3.05, 3.63) is 36.0 Å². The van der Waals surface area contributed by atoms with Crippen LogP contribution < -0.4 is 16.4 Å². The van der Waals surface area contributed by atoms with E-state index in [1.807, 2.05) is 30.5 Å². The highest BCUT2D eigenvalue weighted by Crippen LogP contribution is 2.21. The number of H-pyrrole nitrogens is 1. The van der Waals surface area contributed by atoms with Gasteiger partial charge in [0, 0.05) is 35.8 Å². The van der Waals surface area contributed by atoms with E-state index in [9.17, 15) is 24.3 Å². The van der Waals surface area contributed by atoms with Crippen LogP contribution in [0.25, 0.3) is 10.9 Å². The summed E-state index contributed by atoms with van der Waals surface area (Å²) in [5.41, 5.74) is 7.74. The highest BCUT2D eigenvalue weighted by atomic mass is 32.2. The summed E-state index contributed by atoms with van der Waals surface area (Å²) < 4.78 is 0. The molecular formula is C24H33N5O5S2. The number of hydrogen-bond donors (Lipinski definition) is 6. The number of carboxylic acids is 1. The van der Waals surface area contributed by atoms with Crippen molar-refractivity contribution in [3.8, 4) is 0 Å². The molecule has 36 heavy (non-hydrogen) atoms. The van der Waals surface area contributed by atoms with Crippen LogP contribution in [0.4, 0.5) is 0 Å². The number of nitrogens with zero attached hydrogens (tertiary/aromatic N) is 1. The molecular weight excluding hydrogens is 502 g/mol. The van der Waals surface area contributed by atoms with Gasteiger partial charge >= 0.3 is 5.97 Å². The quantitative estimate of drug-likeness (QED) is 0.219. The van der Waals surface area contributed by atoms with Gasteiger partial charge in [-0.25, -0.2) is 4.79 Å². The van der Waals surface area contributed by atoms with Crippen LogP contribution in [-0.2, 0) is 25.6 Å². The van der Waals surface area contributed by atoms with Crippen molar-refractivity contribution >= 4 is 59.0 Å². The van der Waals surface area contributed by atoms with Gasteiger partial charge in [0.25, 0.3) is 0 Å². The summed E-state index contributed by atoms with van der Waals surface area (Å²) in [6.07, 6.45) is 5.27. The zero-order valence-electron chi connectivity index (χ0n) is 20.1. The number of likely N-dealkylation sites (tertiary alicyclic amines) is 1. The molecule has 1 fully saturated rings. The number of aromatic nitrogens is 1. The topological polar surface area (TPSA) is 158 Å². The molecule has 1 saturated heterocycles. The van der Waals surface area contributed by atoms with Crippen LogP contribution >= 0.6 is 24.4 Å². The van der Waals surface area contributed by atoms with E-state index in [0.29, 0.717) is 31.6 Å². The number of nitrogens with two attached hydrogens (primary N) is 1. The minimum atomic E-state index is -1.08. The molecule has 0 bridgehead atoms. The number of para-hydroxylation sites is 1. The molecule has 1 aliphatic heterocycles. The van der Waals surface area contributed by atoms with E-state index < -0.39 is 47.9 Å². The van der Waals surface area contributed by atoms with E-state index in [2.05, 4.69) is 28.2 Å². The molecule has 4 unspecified atom stereocenters. The number of aromatic amines is 1. The highest BCUT2D eigenvalue weighted by molar-refractivity contribution is 7.98. The maximum absolute atomic E-state index is 13.4. The van der Waals surface area contributed by atoms with Crippen molar-refractivity contribution in [2.45, 2.75) is 49.9 Å². The summed E-state index contributed by atoms with van der Waals surface area (Å²) in [5.74, 6) is -1.92. The van der Waals surface area contributed by atoms with Crippen molar-refractivity contribution in [2.75, 3.05) is 24.3 Å². The number of nitrogens with one attached hydrogen (secondary N) is 3. The van der Waals surface area contributed by atoms with Gasteiger partial charge in [-0.3, -0.25) is 14.4 Å². The Hall–Kier alpha value is -2.70. The molecule has 12 heteroatoms. The Morgan fingerprint density at radius 2 is 1.94 bits per heavy atom. The standard InChI is InChI=1S/C24H33N5O5S2/c1-36-10-8-16(25)21(30)27-18(11-14-12-26-17-6-3-2-5-15(14)17)22(31)28-19(13-35)23(32)29-9-4-7-20(29)24(33)34/h2-3,5-6,12,16,18-20,26,35H,4,7-11,13,25H2,1H3,(H,27,30)(H,28,31)(H,33,34). The molecule has 196 valence electrons. The van der Waals surface area contributed by atoms with Crippen LogP contribution in [0.5, 0.6) is 0 Å². The molecule has 4 atom stereocenters. The third kappa shape index (κ3) is 6.74. The predicted octanol–water partition coefficient (Wildman–Crippen LogP) is 0.766.